The number of β-lactam (4-membered cyclic amide) rings is 1. The van der Waals surface area contributed by atoms with Gasteiger partial charge in [0, 0.05) is 0 Å². The minimum absolute atomic E-state index is 0.00182. The number of amidine groups is 1. The number of rotatable bonds is 4. The van der Waals surface area contributed by atoms with E-state index in [-0.39, 0.29) is 5.91 Å². The molecule has 1 saturated heterocycles. The Morgan fingerprint density at radius 2 is 1.13 bits per heavy atom. The Labute approximate surface area is 182 Å². The van der Waals surface area contributed by atoms with Crippen LogP contribution in [0.2, 0.25) is 0 Å². The number of aliphatic imine (C=N–C) groups is 1. The lowest BCUT2D eigenvalue weighted by Crippen LogP contribution is -2.70. The number of carbonyl (C=O) groups excluding carboxylic acids is 1. The van der Waals surface area contributed by atoms with Gasteiger partial charge < -0.3 is 0 Å². The van der Waals surface area contributed by atoms with Crippen molar-refractivity contribution in [3.63, 3.8) is 0 Å². The van der Waals surface area contributed by atoms with E-state index in [4.69, 9.17) is 4.99 Å². The van der Waals surface area contributed by atoms with Crippen molar-refractivity contribution in [3.8, 4) is 0 Å². The third-order valence-corrected chi connectivity index (χ3v) is 5.77. The Bertz CT molecular complexity index is 1190. The lowest BCUT2D eigenvalue weighted by atomic mass is 9.66. The van der Waals surface area contributed by atoms with Crippen molar-refractivity contribution in [1.29, 1.82) is 0 Å². The monoisotopic (exact) mass is 402 g/mol. The third kappa shape index (κ3) is 3.06. The molecule has 0 atom stereocenters. The van der Waals surface area contributed by atoms with Crippen LogP contribution in [0, 0.1) is 6.92 Å². The van der Waals surface area contributed by atoms with E-state index in [2.05, 4.69) is 6.92 Å². The zero-order valence-corrected chi connectivity index (χ0v) is 17.3. The van der Waals surface area contributed by atoms with E-state index in [0.29, 0.717) is 5.84 Å². The summed E-state index contributed by atoms with van der Waals surface area (Å²) in [4.78, 5) is 20.8. The molecule has 4 aromatic rings. The highest BCUT2D eigenvalue weighted by Gasteiger charge is 2.61. The van der Waals surface area contributed by atoms with E-state index in [9.17, 15) is 4.79 Å². The van der Waals surface area contributed by atoms with Crippen molar-refractivity contribution < 1.29 is 4.79 Å². The number of anilines is 1. The van der Waals surface area contributed by atoms with E-state index in [0.717, 1.165) is 22.5 Å². The Kier molecular flexibility index (Phi) is 4.72. The molecule has 0 aromatic heterocycles. The van der Waals surface area contributed by atoms with Crippen LogP contribution in [0.25, 0.3) is 0 Å². The lowest BCUT2D eigenvalue weighted by molar-refractivity contribution is -0.122. The van der Waals surface area contributed by atoms with Crippen LogP contribution in [-0.4, -0.2) is 11.7 Å². The number of benzene rings is 4. The van der Waals surface area contributed by atoms with Gasteiger partial charge in [0.15, 0.2) is 5.41 Å². The second-order valence-corrected chi connectivity index (χ2v) is 7.73. The Morgan fingerprint density at radius 1 is 0.645 bits per heavy atom. The molecule has 0 saturated carbocycles. The fraction of sp³-hybridized carbons (Fsp3) is 0.0714. The molecule has 0 spiro atoms. The second-order valence-electron chi connectivity index (χ2n) is 7.73. The predicted molar refractivity (Wildman–Crippen MR) is 126 cm³/mol. The molecule has 4 aromatic carbocycles. The van der Waals surface area contributed by atoms with Crippen LogP contribution < -0.4 is 4.90 Å². The van der Waals surface area contributed by atoms with Crippen molar-refractivity contribution in [1.82, 2.24) is 0 Å². The quantitative estimate of drug-likeness (QED) is 0.382. The molecule has 150 valence electrons. The molecule has 5 rings (SSSR count). The van der Waals surface area contributed by atoms with Gasteiger partial charge in [0.2, 0.25) is 0 Å². The van der Waals surface area contributed by atoms with Crippen LogP contribution in [0.5, 0.6) is 0 Å². The van der Waals surface area contributed by atoms with Gasteiger partial charge in [-0.1, -0.05) is 96.6 Å². The average Bonchev–Trinajstić information content (AvgIpc) is 2.83. The highest BCUT2D eigenvalue weighted by atomic mass is 16.2. The summed E-state index contributed by atoms with van der Waals surface area (Å²) in [6.45, 7) is 2.05. The molecule has 3 heteroatoms. The van der Waals surface area contributed by atoms with Crippen LogP contribution in [0.4, 0.5) is 11.4 Å². The number of aryl methyl sites for hydroxylation is 1. The van der Waals surface area contributed by atoms with Crippen LogP contribution in [-0.2, 0) is 10.2 Å². The molecule has 0 bridgehead atoms. The molecule has 0 unspecified atom stereocenters. The Hall–Kier alpha value is -3.98. The van der Waals surface area contributed by atoms with Gasteiger partial charge in [-0.3, -0.25) is 9.69 Å². The number of carbonyl (C=O) groups is 1. The minimum Gasteiger partial charge on any atom is -0.272 e. The van der Waals surface area contributed by atoms with Gasteiger partial charge in [-0.05, 0) is 42.3 Å². The smallest absolute Gasteiger partial charge is 0.255 e. The van der Waals surface area contributed by atoms with E-state index >= 15 is 0 Å². The van der Waals surface area contributed by atoms with Crippen LogP contribution in [0.1, 0.15) is 16.7 Å². The zero-order valence-electron chi connectivity index (χ0n) is 17.3. The first-order valence-electron chi connectivity index (χ1n) is 10.4. The standard InChI is InChI=1S/C28H22N2O/c1-21-17-19-24(20-18-21)29-26-28(22-11-5-2-6-12-22,23-13-7-3-8-14-23)27(31)30(26)25-15-9-4-10-16-25/h2-20H,1H3. The predicted octanol–water partition coefficient (Wildman–Crippen LogP) is 6.06. The number of amides is 1. The summed E-state index contributed by atoms with van der Waals surface area (Å²) in [5, 5.41) is 0. The average molecular weight is 402 g/mol. The Morgan fingerprint density at radius 3 is 1.65 bits per heavy atom. The van der Waals surface area contributed by atoms with E-state index in [1.165, 1.54) is 5.56 Å². The summed E-state index contributed by atoms with van der Waals surface area (Å²) in [5.41, 5.74) is 3.70. The summed E-state index contributed by atoms with van der Waals surface area (Å²) in [5.74, 6) is 0.715. The summed E-state index contributed by atoms with van der Waals surface area (Å²) in [6, 6.07) is 37.7. The lowest BCUT2D eigenvalue weighted by Gasteiger charge is -2.50. The van der Waals surface area contributed by atoms with Crippen LogP contribution in [0.3, 0.4) is 0 Å². The SMILES string of the molecule is Cc1ccc(N=C2N(c3ccccc3)C(=O)C2(c2ccccc2)c2ccccc2)cc1. The molecule has 0 N–H and O–H groups in total. The van der Waals surface area contributed by atoms with Gasteiger partial charge in [-0.15, -0.1) is 0 Å². The van der Waals surface area contributed by atoms with Gasteiger partial charge in [-0.25, -0.2) is 4.99 Å². The van der Waals surface area contributed by atoms with E-state index < -0.39 is 5.41 Å². The van der Waals surface area contributed by atoms with Crippen molar-refractivity contribution in [2.24, 2.45) is 4.99 Å². The number of nitrogens with zero attached hydrogens (tertiary/aromatic N) is 2. The number of hydrogen-bond donors (Lipinski definition) is 0. The second kappa shape index (κ2) is 7.69. The zero-order chi connectivity index (χ0) is 21.3. The summed E-state index contributed by atoms with van der Waals surface area (Å²) in [6.07, 6.45) is 0. The van der Waals surface area contributed by atoms with Crippen molar-refractivity contribution in [3.05, 3.63) is 132 Å². The van der Waals surface area contributed by atoms with E-state index in [1.54, 1.807) is 4.90 Å². The Balaban J connectivity index is 1.78. The van der Waals surface area contributed by atoms with Crippen LogP contribution >= 0.6 is 0 Å². The van der Waals surface area contributed by atoms with Crippen molar-refractivity contribution in [2.75, 3.05) is 4.90 Å². The molecular weight excluding hydrogens is 380 g/mol. The number of para-hydroxylation sites is 1. The molecule has 31 heavy (non-hydrogen) atoms. The van der Waals surface area contributed by atoms with Gasteiger partial charge in [0.25, 0.3) is 5.91 Å². The molecule has 1 aliphatic heterocycles. The van der Waals surface area contributed by atoms with Gasteiger partial charge in [-0.2, -0.15) is 0 Å². The minimum atomic E-state index is -0.955. The van der Waals surface area contributed by atoms with Gasteiger partial charge in [0.1, 0.15) is 5.84 Å². The van der Waals surface area contributed by atoms with Crippen LogP contribution in [0.15, 0.2) is 120 Å². The molecule has 1 fully saturated rings. The third-order valence-electron chi connectivity index (χ3n) is 5.77. The first-order valence-corrected chi connectivity index (χ1v) is 10.4. The molecule has 3 nitrogen and oxygen atoms in total. The van der Waals surface area contributed by atoms with Gasteiger partial charge >= 0.3 is 0 Å². The summed E-state index contributed by atoms with van der Waals surface area (Å²) in [7, 11) is 0. The first-order chi connectivity index (χ1) is 15.2. The molecule has 0 radical (unpaired) electrons. The maximum Gasteiger partial charge on any atom is 0.255 e. The first kappa shape index (κ1) is 19.0. The van der Waals surface area contributed by atoms with Gasteiger partial charge in [0.05, 0.1) is 11.4 Å². The summed E-state index contributed by atoms with van der Waals surface area (Å²) >= 11 is 0. The van der Waals surface area contributed by atoms with Crippen molar-refractivity contribution in [2.45, 2.75) is 12.3 Å². The summed E-state index contributed by atoms with van der Waals surface area (Å²) < 4.78 is 0. The number of hydrogen-bond acceptors (Lipinski definition) is 2. The highest BCUT2D eigenvalue weighted by molar-refractivity contribution is 6.43. The molecule has 1 amide bonds. The topological polar surface area (TPSA) is 32.7 Å². The maximum absolute atomic E-state index is 14.0. The largest absolute Gasteiger partial charge is 0.272 e. The molecule has 1 heterocycles. The fourth-order valence-corrected chi connectivity index (χ4v) is 4.21. The van der Waals surface area contributed by atoms with Crippen molar-refractivity contribution >= 4 is 23.1 Å². The molecule has 1 aliphatic rings. The highest BCUT2D eigenvalue weighted by Crippen LogP contribution is 2.47. The molecular formula is C28H22N2O. The van der Waals surface area contributed by atoms with E-state index in [1.807, 2.05) is 115 Å². The normalized spacial score (nSPS) is 16.2. The fourth-order valence-electron chi connectivity index (χ4n) is 4.21. The molecule has 0 aliphatic carbocycles. The maximum atomic E-state index is 14.0.